The Morgan fingerprint density at radius 3 is 2.71 bits per heavy atom. The maximum atomic E-state index is 5.77. The molecule has 2 heteroatoms. The first-order chi connectivity index (χ1) is 6.66. The second-order valence-electron chi connectivity index (χ2n) is 3.94. The van der Waals surface area contributed by atoms with Crippen LogP contribution in [0.5, 0.6) is 0 Å². The van der Waals surface area contributed by atoms with Gasteiger partial charge in [0.1, 0.15) is 11.3 Å². The number of fused-ring (bicyclic) bond motifs is 1. The van der Waals surface area contributed by atoms with Crippen molar-refractivity contribution in [1.29, 1.82) is 0 Å². The number of para-hydroxylation sites is 1. The van der Waals surface area contributed by atoms with E-state index in [1.54, 1.807) is 0 Å². The molecule has 0 aliphatic heterocycles. The normalized spacial score (nSPS) is 11.4. The lowest BCUT2D eigenvalue weighted by atomic mass is 10.2. The minimum atomic E-state index is 0.855. The van der Waals surface area contributed by atoms with Crippen molar-refractivity contribution in [2.24, 2.45) is 0 Å². The number of nitrogens with zero attached hydrogens (tertiary/aromatic N) is 1. The maximum Gasteiger partial charge on any atom is 0.137 e. The van der Waals surface area contributed by atoms with Crippen molar-refractivity contribution in [3.05, 3.63) is 35.6 Å². The molecule has 2 aromatic rings. The summed E-state index contributed by atoms with van der Waals surface area (Å²) in [4.78, 5) is 2.10. The highest BCUT2D eigenvalue weighted by molar-refractivity contribution is 5.80. The summed E-state index contributed by atoms with van der Waals surface area (Å²) in [5.41, 5.74) is 2.22. The number of rotatable bonds is 2. The lowest BCUT2D eigenvalue weighted by Gasteiger charge is -2.05. The summed E-state index contributed by atoms with van der Waals surface area (Å²) in [5, 5.41) is 1.20. The van der Waals surface area contributed by atoms with Crippen LogP contribution in [0.2, 0.25) is 0 Å². The summed E-state index contributed by atoms with van der Waals surface area (Å²) in [5.74, 6) is 1.03. The van der Waals surface area contributed by atoms with Gasteiger partial charge in [-0.25, -0.2) is 0 Å². The van der Waals surface area contributed by atoms with Gasteiger partial charge in [0.25, 0.3) is 0 Å². The van der Waals surface area contributed by atoms with Gasteiger partial charge in [0.05, 0.1) is 6.54 Å². The standard InChI is InChI=1S/C12H15NO/c1-9-5-4-6-10-7-11(8-13(2)3)14-12(9)10/h4-7H,8H2,1-3H3. The zero-order valence-electron chi connectivity index (χ0n) is 8.87. The molecule has 0 aliphatic rings. The minimum absolute atomic E-state index is 0.855. The van der Waals surface area contributed by atoms with E-state index in [1.807, 2.05) is 14.1 Å². The molecule has 0 spiro atoms. The fraction of sp³-hybridized carbons (Fsp3) is 0.333. The Balaban J connectivity index is 2.46. The number of aryl methyl sites for hydroxylation is 1. The van der Waals surface area contributed by atoms with Crippen LogP contribution in [0.4, 0.5) is 0 Å². The molecular formula is C12H15NO. The smallest absolute Gasteiger partial charge is 0.137 e. The Bertz CT molecular complexity index is 443. The van der Waals surface area contributed by atoms with E-state index in [-0.39, 0.29) is 0 Å². The second-order valence-corrected chi connectivity index (χ2v) is 3.94. The molecule has 14 heavy (non-hydrogen) atoms. The molecule has 0 saturated carbocycles. The van der Waals surface area contributed by atoms with Crippen LogP contribution in [0.25, 0.3) is 11.0 Å². The third-order valence-corrected chi connectivity index (χ3v) is 2.26. The van der Waals surface area contributed by atoms with Crippen molar-refractivity contribution in [1.82, 2.24) is 4.90 Å². The first-order valence-electron chi connectivity index (χ1n) is 4.79. The molecule has 0 amide bonds. The Morgan fingerprint density at radius 2 is 2.07 bits per heavy atom. The van der Waals surface area contributed by atoms with E-state index in [9.17, 15) is 0 Å². The molecule has 0 aliphatic carbocycles. The fourth-order valence-electron chi connectivity index (χ4n) is 1.65. The predicted molar refractivity (Wildman–Crippen MR) is 58.3 cm³/mol. The van der Waals surface area contributed by atoms with Crippen molar-refractivity contribution in [2.75, 3.05) is 14.1 Å². The topological polar surface area (TPSA) is 16.4 Å². The first kappa shape index (κ1) is 9.28. The minimum Gasteiger partial charge on any atom is -0.459 e. The third-order valence-electron chi connectivity index (χ3n) is 2.26. The molecule has 2 rings (SSSR count). The second kappa shape index (κ2) is 3.46. The van der Waals surface area contributed by atoms with E-state index in [2.05, 4.69) is 36.1 Å². The average Bonchev–Trinajstić information content (AvgIpc) is 2.47. The lowest BCUT2D eigenvalue weighted by Crippen LogP contribution is -2.09. The van der Waals surface area contributed by atoms with Gasteiger partial charge in [-0.15, -0.1) is 0 Å². The molecule has 74 valence electrons. The zero-order chi connectivity index (χ0) is 10.1. The van der Waals surface area contributed by atoms with Crippen LogP contribution in [0.1, 0.15) is 11.3 Å². The van der Waals surface area contributed by atoms with Crippen molar-refractivity contribution in [3.8, 4) is 0 Å². The van der Waals surface area contributed by atoms with Crippen LogP contribution in [0, 0.1) is 6.92 Å². The predicted octanol–water partition coefficient (Wildman–Crippen LogP) is 2.80. The van der Waals surface area contributed by atoms with Gasteiger partial charge in [-0.05, 0) is 32.6 Å². The Morgan fingerprint density at radius 1 is 1.29 bits per heavy atom. The molecule has 2 nitrogen and oxygen atoms in total. The van der Waals surface area contributed by atoms with Gasteiger partial charge in [0, 0.05) is 5.39 Å². The summed E-state index contributed by atoms with van der Waals surface area (Å²) < 4.78 is 5.77. The Kier molecular flexibility index (Phi) is 2.30. The maximum absolute atomic E-state index is 5.77. The number of hydrogen-bond acceptors (Lipinski definition) is 2. The molecule has 1 aromatic carbocycles. The molecule has 0 atom stereocenters. The van der Waals surface area contributed by atoms with Crippen molar-refractivity contribution < 1.29 is 4.42 Å². The van der Waals surface area contributed by atoms with E-state index in [1.165, 1.54) is 10.9 Å². The van der Waals surface area contributed by atoms with E-state index in [0.717, 1.165) is 17.9 Å². The highest BCUT2D eigenvalue weighted by atomic mass is 16.3. The van der Waals surface area contributed by atoms with Gasteiger partial charge in [0.2, 0.25) is 0 Å². The van der Waals surface area contributed by atoms with Crippen LogP contribution in [-0.2, 0) is 6.54 Å². The molecule has 0 saturated heterocycles. The monoisotopic (exact) mass is 189 g/mol. The van der Waals surface area contributed by atoms with Gasteiger partial charge in [0.15, 0.2) is 0 Å². The van der Waals surface area contributed by atoms with Gasteiger partial charge in [-0.2, -0.15) is 0 Å². The molecule has 0 fully saturated rings. The van der Waals surface area contributed by atoms with Gasteiger partial charge in [-0.3, -0.25) is 0 Å². The van der Waals surface area contributed by atoms with Gasteiger partial charge in [-0.1, -0.05) is 18.2 Å². The number of benzene rings is 1. The molecular weight excluding hydrogens is 174 g/mol. The third kappa shape index (κ3) is 1.66. The summed E-state index contributed by atoms with van der Waals surface area (Å²) in [6.45, 7) is 2.93. The van der Waals surface area contributed by atoms with Crippen LogP contribution in [-0.4, -0.2) is 19.0 Å². The molecule has 0 radical (unpaired) electrons. The van der Waals surface area contributed by atoms with Gasteiger partial charge < -0.3 is 9.32 Å². The van der Waals surface area contributed by atoms with Crippen LogP contribution >= 0.6 is 0 Å². The fourth-order valence-corrected chi connectivity index (χ4v) is 1.65. The van der Waals surface area contributed by atoms with Crippen LogP contribution in [0.15, 0.2) is 28.7 Å². The molecule has 1 heterocycles. The number of hydrogen-bond donors (Lipinski definition) is 0. The van der Waals surface area contributed by atoms with E-state index >= 15 is 0 Å². The van der Waals surface area contributed by atoms with E-state index < -0.39 is 0 Å². The van der Waals surface area contributed by atoms with E-state index in [0.29, 0.717) is 0 Å². The molecule has 0 unspecified atom stereocenters. The Labute approximate surface area is 84.1 Å². The zero-order valence-corrected chi connectivity index (χ0v) is 8.87. The van der Waals surface area contributed by atoms with E-state index in [4.69, 9.17) is 4.42 Å². The van der Waals surface area contributed by atoms with Crippen LogP contribution < -0.4 is 0 Å². The van der Waals surface area contributed by atoms with Crippen molar-refractivity contribution in [3.63, 3.8) is 0 Å². The first-order valence-corrected chi connectivity index (χ1v) is 4.79. The molecule has 0 bridgehead atoms. The largest absolute Gasteiger partial charge is 0.459 e. The SMILES string of the molecule is Cc1cccc2cc(CN(C)C)oc12. The molecule has 1 aromatic heterocycles. The highest BCUT2D eigenvalue weighted by Gasteiger charge is 2.05. The Hall–Kier alpha value is -1.28. The van der Waals surface area contributed by atoms with Crippen molar-refractivity contribution in [2.45, 2.75) is 13.5 Å². The highest BCUT2D eigenvalue weighted by Crippen LogP contribution is 2.22. The van der Waals surface area contributed by atoms with Crippen molar-refractivity contribution >= 4 is 11.0 Å². The number of furan rings is 1. The lowest BCUT2D eigenvalue weighted by molar-refractivity contribution is 0.358. The average molecular weight is 189 g/mol. The van der Waals surface area contributed by atoms with Gasteiger partial charge >= 0.3 is 0 Å². The summed E-state index contributed by atoms with van der Waals surface area (Å²) >= 11 is 0. The summed E-state index contributed by atoms with van der Waals surface area (Å²) in [6.07, 6.45) is 0. The summed E-state index contributed by atoms with van der Waals surface area (Å²) in [7, 11) is 4.08. The summed E-state index contributed by atoms with van der Waals surface area (Å²) in [6, 6.07) is 8.34. The molecule has 0 N–H and O–H groups in total. The quantitative estimate of drug-likeness (QED) is 0.722. The van der Waals surface area contributed by atoms with Crippen LogP contribution in [0.3, 0.4) is 0 Å².